The van der Waals surface area contributed by atoms with Crippen molar-refractivity contribution in [3.05, 3.63) is 24.3 Å². The minimum absolute atomic E-state index is 0.479. The molecule has 1 aliphatic heterocycles. The highest BCUT2D eigenvalue weighted by Crippen LogP contribution is 2.32. The zero-order valence-electron chi connectivity index (χ0n) is 9.36. The van der Waals surface area contributed by atoms with Gasteiger partial charge in [0.2, 0.25) is 0 Å². The van der Waals surface area contributed by atoms with E-state index in [9.17, 15) is 0 Å². The lowest BCUT2D eigenvalue weighted by atomic mass is 10.1. The van der Waals surface area contributed by atoms with Crippen molar-refractivity contribution in [2.45, 2.75) is 12.5 Å². The van der Waals surface area contributed by atoms with Crippen LogP contribution in [0.1, 0.15) is 6.42 Å². The van der Waals surface area contributed by atoms with Crippen LogP contribution in [0.25, 0.3) is 0 Å². The number of hydrogen-bond acceptors (Lipinski definition) is 3. The van der Waals surface area contributed by atoms with E-state index in [-0.39, 0.29) is 0 Å². The fraction of sp³-hybridized carbons (Fsp3) is 0.500. The Morgan fingerprint density at radius 1 is 1.47 bits per heavy atom. The standard InChI is InChI=1S/C12H18N2O/c1-13-8-7-10-9-15-12-6-4-3-5-11(12)14(10)2/h3-6,10,13H,7-9H2,1-2H3. The van der Waals surface area contributed by atoms with E-state index in [1.807, 2.05) is 19.2 Å². The molecule has 1 heterocycles. The minimum atomic E-state index is 0.479. The van der Waals surface area contributed by atoms with Crippen LogP contribution in [-0.2, 0) is 0 Å². The molecule has 0 aromatic heterocycles. The van der Waals surface area contributed by atoms with E-state index in [1.165, 1.54) is 5.69 Å². The van der Waals surface area contributed by atoms with Gasteiger partial charge >= 0.3 is 0 Å². The zero-order valence-corrected chi connectivity index (χ0v) is 9.36. The van der Waals surface area contributed by atoms with Crippen LogP contribution in [0, 0.1) is 0 Å². The van der Waals surface area contributed by atoms with E-state index < -0.39 is 0 Å². The van der Waals surface area contributed by atoms with Gasteiger partial charge in [0.25, 0.3) is 0 Å². The number of fused-ring (bicyclic) bond motifs is 1. The molecule has 1 aromatic rings. The summed E-state index contributed by atoms with van der Waals surface area (Å²) in [5.74, 6) is 1.00. The summed E-state index contributed by atoms with van der Waals surface area (Å²) in [4.78, 5) is 2.32. The molecule has 1 N–H and O–H groups in total. The molecule has 1 aliphatic rings. The van der Waals surface area contributed by atoms with E-state index in [1.54, 1.807) is 0 Å². The molecule has 3 nitrogen and oxygen atoms in total. The number of nitrogens with zero attached hydrogens (tertiary/aromatic N) is 1. The van der Waals surface area contributed by atoms with Crippen LogP contribution >= 0.6 is 0 Å². The van der Waals surface area contributed by atoms with E-state index in [0.717, 1.165) is 25.3 Å². The molecule has 0 saturated heterocycles. The SMILES string of the molecule is CNCCC1COc2ccccc2N1C. The van der Waals surface area contributed by atoms with Gasteiger partial charge in [0.15, 0.2) is 0 Å². The van der Waals surface area contributed by atoms with Gasteiger partial charge in [-0.15, -0.1) is 0 Å². The van der Waals surface area contributed by atoms with Crippen molar-refractivity contribution in [3.8, 4) is 5.75 Å². The summed E-state index contributed by atoms with van der Waals surface area (Å²) in [5, 5.41) is 3.18. The van der Waals surface area contributed by atoms with Gasteiger partial charge in [-0.1, -0.05) is 12.1 Å². The molecule has 0 radical (unpaired) electrons. The fourth-order valence-electron chi connectivity index (χ4n) is 1.95. The normalized spacial score (nSPS) is 19.6. The summed E-state index contributed by atoms with van der Waals surface area (Å²) < 4.78 is 5.73. The van der Waals surface area contributed by atoms with Gasteiger partial charge in [-0.25, -0.2) is 0 Å². The lowest BCUT2D eigenvalue weighted by Gasteiger charge is -2.35. The first-order valence-corrected chi connectivity index (χ1v) is 5.42. The molecule has 0 amide bonds. The molecule has 0 aliphatic carbocycles. The third-order valence-corrected chi connectivity index (χ3v) is 2.95. The average Bonchev–Trinajstić information content (AvgIpc) is 2.29. The molecule has 1 atom stereocenters. The summed E-state index contributed by atoms with van der Waals surface area (Å²) in [6.45, 7) is 1.82. The van der Waals surface area contributed by atoms with Gasteiger partial charge in [0, 0.05) is 7.05 Å². The van der Waals surface area contributed by atoms with Crippen LogP contribution < -0.4 is 15.0 Å². The Hall–Kier alpha value is -1.22. The van der Waals surface area contributed by atoms with Crippen molar-refractivity contribution >= 4 is 5.69 Å². The van der Waals surface area contributed by atoms with Crippen LogP contribution in [0.2, 0.25) is 0 Å². The van der Waals surface area contributed by atoms with Gasteiger partial charge in [-0.2, -0.15) is 0 Å². The summed E-state index contributed by atoms with van der Waals surface area (Å²) in [7, 11) is 4.12. The number of nitrogens with one attached hydrogen (secondary N) is 1. The van der Waals surface area contributed by atoms with Gasteiger partial charge < -0.3 is 15.0 Å². The highest BCUT2D eigenvalue weighted by atomic mass is 16.5. The Bertz CT molecular complexity index is 327. The summed E-state index contributed by atoms with van der Waals surface area (Å²) in [6.07, 6.45) is 1.11. The Balaban J connectivity index is 2.11. The maximum atomic E-state index is 5.73. The molecule has 2 rings (SSSR count). The average molecular weight is 206 g/mol. The van der Waals surface area contributed by atoms with Crippen LogP contribution in [0.3, 0.4) is 0 Å². The quantitative estimate of drug-likeness (QED) is 0.811. The van der Waals surface area contributed by atoms with Crippen LogP contribution in [0.5, 0.6) is 5.75 Å². The lowest BCUT2D eigenvalue weighted by molar-refractivity contribution is 0.259. The van der Waals surface area contributed by atoms with E-state index in [2.05, 4.69) is 29.4 Å². The molecule has 15 heavy (non-hydrogen) atoms. The first kappa shape index (κ1) is 10.3. The Kier molecular flexibility index (Phi) is 3.11. The van der Waals surface area contributed by atoms with E-state index in [4.69, 9.17) is 4.74 Å². The smallest absolute Gasteiger partial charge is 0.142 e. The number of ether oxygens (including phenoxy) is 1. The summed E-state index contributed by atoms with van der Waals surface area (Å²) in [5.41, 5.74) is 1.20. The van der Waals surface area contributed by atoms with Gasteiger partial charge in [0.1, 0.15) is 12.4 Å². The van der Waals surface area contributed by atoms with Crippen LogP contribution in [-0.4, -0.2) is 33.3 Å². The molecule has 0 saturated carbocycles. The third kappa shape index (κ3) is 2.07. The maximum Gasteiger partial charge on any atom is 0.142 e. The first-order chi connectivity index (χ1) is 7.33. The Morgan fingerprint density at radius 2 is 2.27 bits per heavy atom. The van der Waals surface area contributed by atoms with E-state index >= 15 is 0 Å². The number of likely N-dealkylation sites (N-methyl/N-ethyl adjacent to an activating group) is 1. The Labute approximate surface area is 91.0 Å². The molecular formula is C12H18N2O. The van der Waals surface area contributed by atoms with Crippen molar-refractivity contribution in [2.24, 2.45) is 0 Å². The minimum Gasteiger partial charge on any atom is -0.489 e. The van der Waals surface area contributed by atoms with Crippen molar-refractivity contribution < 1.29 is 4.74 Å². The zero-order chi connectivity index (χ0) is 10.7. The molecule has 3 heteroatoms. The van der Waals surface area contributed by atoms with Crippen molar-refractivity contribution in [2.75, 3.05) is 32.1 Å². The third-order valence-electron chi connectivity index (χ3n) is 2.95. The second-order valence-corrected chi connectivity index (χ2v) is 3.94. The van der Waals surface area contributed by atoms with Gasteiger partial charge in [-0.05, 0) is 32.1 Å². The highest BCUT2D eigenvalue weighted by molar-refractivity contribution is 5.59. The number of rotatable bonds is 3. The molecular weight excluding hydrogens is 188 g/mol. The monoisotopic (exact) mass is 206 g/mol. The second-order valence-electron chi connectivity index (χ2n) is 3.94. The number of anilines is 1. The lowest BCUT2D eigenvalue weighted by Crippen LogP contribution is -2.41. The van der Waals surface area contributed by atoms with Crippen molar-refractivity contribution in [3.63, 3.8) is 0 Å². The predicted octanol–water partition coefficient (Wildman–Crippen LogP) is 1.49. The maximum absolute atomic E-state index is 5.73. The molecule has 0 spiro atoms. The Morgan fingerprint density at radius 3 is 3.07 bits per heavy atom. The first-order valence-electron chi connectivity index (χ1n) is 5.42. The molecule has 1 aromatic carbocycles. The molecule has 0 bridgehead atoms. The second kappa shape index (κ2) is 4.53. The molecule has 0 fully saturated rings. The number of para-hydroxylation sites is 2. The van der Waals surface area contributed by atoms with E-state index in [0.29, 0.717) is 6.04 Å². The number of hydrogen-bond donors (Lipinski definition) is 1. The summed E-state index contributed by atoms with van der Waals surface area (Å²) in [6, 6.07) is 8.69. The fourth-order valence-corrected chi connectivity index (χ4v) is 1.95. The van der Waals surface area contributed by atoms with Crippen molar-refractivity contribution in [1.82, 2.24) is 5.32 Å². The van der Waals surface area contributed by atoms with Crippen LogP contribution in [0.15, 0.2) is 24.3 Å². The summed E-state index contributed by atoms with van der Waals surface area (Å²) >= 11 is 0. The topological polar surface area (TPSA) is 24.5 Å². The predicted molar refractivity (Wildman–Crippen MR) is 62.7 cm³/mol. The largest absolute Gasteiger partial charge is 0.489 e. The highest BCUT2D eigenvalue weighted by Gasteiger charge is 2.23. The van der Waals surface area contributed by atoms with Gasteiger partial charge in [-0.3, -0.25) is 0 Å². The molecule has 1 unspecified atom stereocenters. The number of benzene rings is 1. The van der Waals surface area contributed by atoms with Crippen molar-refractivity contribution in [1.29, 1.82) is 0 Å². The van der Waals surface area contributed by atoms with Crippen LogP contribution in [0.4, 0.5) is 5.69 Å². The molecule has 82 valence electrons. The van der Waals surface area contributed by atoms with Gasteiger partial charge in [0.05, 0.1) is 11.7 Å².